The number of aliphatic hydroxyl groups is 1. The zero-order valence-corrected chi connectivity index (χ0v) is 19.3. The van der Waals surface area contributed by atoms with Crippen LogP contribution in [-0.4, -0.2) is 21.8 Å². The number of aromatic nitrogens is 1. The molecule has 0 unspecified atom stereocenters. The lowest BCUT2D eigenvalue weighted by Crippen LogP contribution is -2.29. The minimum Gasteiger partial charge on any atom is -0.507 e. The zero-order valence-electron chi connectivity index (χ0n) is 18.5. The van der Waals surface area contributed by atoms with Gasteiger partial charge in [-0.05, 0) is 43.5 Å². The molecule has 5 nitrogen and oxygen atoms in total. The standard InChI is InChI=1S/C27H22N2O3S/c1-15-9-11-19(12-10-15)24(30)21-23(18-7-5-4-6-8-18)29(26(32)25(21)31)27-28-22-17(3)13-16(2)14-20(22)33-27/h4-14,23,30H,1-3H3/t23-/m1/s1. The van der Waals surface area contributed by atoms with Crippen LogP contribution in [0.25, 0.3) is 16.0 Å². The number of aryl methyl sites for hydroxylation is 3. The predicted molar refractivity (Wildman–Crippen MR) is 131 cm³/mol. The molecule has 0 spiro atoms. The van der Waals surface area contributed by atoms with Gasteiger partial charge >= 0.3 is 5.91 Å². The van der Waals surface area contributed by atoms with Crippen molar-refractivity contribution in [1.82, 2.24) is 4.98 Å². The van der Waals surface area contributed by atoms with Gasteiger partial charge in [0.05, 0.1) is 21.8 Å². The van der Waals surface area contributed by atoms with E-state index in [0.717, 1.165) is 32.5 Å². The number of hydrogen-bond donors (Lipinski definition) is 1. The first-order valence-electron chi connectivity index (χ1n) is 10.7. The second-order valence-electron chi connectivity index (χ2n) is 8.37. The minimum atomic E-state index is -0.769. The second-order valence-corrected chi connectivity index (χ2v) is 9.38. The van der Waals surface area contributed by atoms with Crippen LogP contribution in [0.3, 0.4) is 0 Å². The Morgan fingerprint density at radius 1 is 0.939 bits per heavy atom. The molecule has 1 atom stereocenters. The van der Waals surface area contributed by atoms with E-state index >= 15 is 0 Å². The first-order valence-corrected chi connectivity index (χ1v) is 11.5. The lowest BCUT2D eigenvalue weighted by Gasteiger charge is -2.22. The Balaban J connectivity index is 1.73. The lowest BCUT2D eigenvalue weighted by atomic mass is 9.95. The SMILES string of the molecule is Cc1ccc(C(O)=C2C(=O)C(=O)N(c3nc4c(C)cc(C)cc4s3)[C@@H]2c2ccccc2)cc1. The molecule has 3 aromatic carbocycles. The molecule has 33 heavy (non-hydrogen) atoms. The highest BCUT2D eigenvalue weighted by atomic mass is 32.1. The number of carbonyl (C=O) groups excluding carboxylic acids is 2. The number of amides is 1. The van der Waals surface area contributed by atoms with E-state index in [-0.39, 0.29) is 11.3 Å². The highest BCUT2D eigenvalue weighted by Gasteiger charge is 2.48. The molecule has 1 fully saturated rings. The highest BCUT2D eigenvalue weighted by Crippen LogP contribution is 2.44. The van der Waals surface area contributed by atoms with Crippen LogP contribution in [0.5, 0.6) is 0 Å². The molecule has 1 aliphatic rings. The van der Waals surface area contributed by atoms with E-state index in [1.807, 2.05) is 75.4 Å². The van der Waals surface area contributed by atoms with Crippen molar-refractivity contribution in [3.63, 3.8) is 0 Å². The van der Waals surface area contributed by atoms with Crippen LogP contribution >= 0.6 is 11.3 Å². The third-order valence-corrected chi connectivity index (χ3v) is 6.91. The summed E-state index contributed by atoms with van der Waals surface area (Å²) in [5.41, 5.74) is 5.27. The van der Waals surface area contributed by atoms with E-state index < -0.39 is 17.7 Å². The van der Waals surface area contributed by atoms with E-state index in [0.29, 0.717) is 10.7 Å². The van der Waals surface area contributed by atoms with Gasteiger partial charge < -0.3 is 5.11 Å². The number of Topliss-reactive ketones (excluding diaryl/α,β-unsaturated/α-hetero) is 1. The van der Waals surface area contributed by atoms with Gasteiger partial charge in [-0.1, -0.05) is 77.6 Å². The van der Waals surface area contributed by atoms with Crippen molar-refractivity contribution < 1.29 is 14.7 Å². The maximum atomic E-state index is 13.3. The van der Waals surface area contributed by atoms with Crippen molar-refractivity contribution in [2.45, 2.75) is 26.8 Å². The number of aliphatic hydroxyl groups excluding tert-OH is 1. The molecule has 0 saturated carbocycles. The van der Waals surface area contributed by atoms with Crippen LogP contribution in [0, 0.1) is 20.8 Å². The number of nitrogens with zero attached hydrogens (tertiary/aromatic N) is 2. The van der Waals surface area contributed by atoms with Gasteiger partial charge in [-0.15, -0.1) is 0 Å². The Hall–Kier alpha value is -3.77. The number of fused-ring (bicyclic) bond motifs is 1. The molecule has 4 aromatic rings. The third kappa shape index (κ3) is 3.52. The maximum absolute atomic E-state index is 13.3. The quantitative estimate of drug-likeness (QED) is 0.240. The van der Waals surface area contributed by atoms with Crippen LogP contribution in [0.15, 0.2) is 72.3 Å². The van der Waals surface area contributed by atoms with Gasteiger partial charge in [0.25, 0.3) is 5.78 Å². The molecule has 0 radical (unpaired) electrons. The summed E-state index contributed by atoms with van der Waals surface area (Å²) in [5.74, 6) is -1.59. The fraction of sp³-hybridized carbons (Fsp3) is 0.148. The van der Waals surface area contributed by atoms with Gasteiger partial charge in [0.1, 0.15) is 5.76 Å². The Kier molecular flexibility index (Phi) is 5.10. The van der Waals surface area contributed by atoms with Gasteiger partial charge in [-0.25, -0.2) is 4.98 Å². The first kappa shape index (κ1) is 21.1. The zero-order chi connectivity index (χ0) is 23.3. The largest absolute Gasteiger partial charge is 0.507 e. The van der Waals surface area contributed by atoms with Crippen molar-refractivity contribution in [2.75, 3.05) is 4.90 Å². The summed E-state index contributed by atoms with van der Waals surface area (Å²) in [7, 11) is 0. The normalized spacial score (nSPS) is 17.8. The summed E-state index contributed by atoms with van der Waals surface area (Å²) in [6.07, 6.45) is 0. The third-order valence-electron chi connectivity index (χ3n) is 5.91. The van der Waals surface area contributed by atoms with Crippen LogP contribution in [0.2, 0.25) is 0 Å². The fourth-order valence-corrected chi connectivity index (χ4v) is 5.48. The predicted octanol–water partition coefficient (Wildman–Crippen LogP) is 5.85. The summed E-state index contributed by atoms with van der Waals surface area (Å²) in [5, 5.41) is 11.6. The van der Waals surface area contributed by atoms with Gasteiger partial charge in [-0.2, -0.15) is 0 Å². The van der Waals surface area contributed by atoms with Crippen molar-refractivity contribution in [3.05, 3.63) is 100 Å². The number of hydrogen-bond acceptors (Lipinski definition) is 5. The van der Waals surface area contributed by atoms with Gasteiger partial charge in [-0.3, -0.25) is 14.5 Å². The molecule has 6 heteroatoms. The van der Waals surface area contributed by atoms with Crippen molar-refractivity contribution in [2.24, 2.45) is 0 Å². The number of anilines is 1. The topological polar surface area (TPSA) is 70.5 Å². The van der Waals surface area contributed by atoms with E-state index in [2.05, 4.69) is 0 Å². The van der Waals surface area contributed by atoms with E-state index in [9.17, 15) is 14.7 Å². The van der Waals surface area contributed by atoms with Gasteiger partial charge in [0.2, 0.25) is 0 Å². The molecule has 1 saturated heterocycles. The summed E-state index contributed by atoms with van der Waals surface area (Å²) in [6.45, 7) is 5.95. The van der Waals surface area contributed by atoms with Crippen molar-refractivity contribution in [3.8, 4) is 0 Å². The Morgan fingerprint density at radius 2 is 1.64 bits per heavy atom. The average molecular weight is 455 g/mol. The molecule has 164 valence electrons. The van der Waals surface area contributed by atoms with Gasteiger partial charge in [0.15, 0.2) is 5.13 Å². The highest BCUT2D eigenvalue weighted by molar-refractivity contribution is 7.22. The van der Waals surface area contributed by atoms with Crippen LogP contribution in [-0.2, 0) is 9.59 Å². The van der Waals surface area contributed by atoms with Crippen LogP contribution in [0.4, 0.5) is 5.13 Å². The molecular formula is C27H22N2O3S. The smallest absolute Gasteiger partial charge is 0.301 e. The average Bonchev–Trinajstić information content (AvgIpc) is 3.33. The molecule has 2 heterocycles. The molecule has 1 aromatic heterocycles. The molecule has 0 bridgehead atoms. The summed E-state index contributed by atoms with van der Waals surface area (Å²) < 4.78 is 0.953. The molecular weight excluding hydrogens is 432 g/mol. The van der Waals surface area contributed by atoms with Gasteiger partial charge in [0, 0.05) is 5.56 Å². The number of benzene rings is 3. The first-order chi connectivity index (χ1) is 15.8. The van der Waals surface area contributed by atoms with Crippen LogP contribution < -0.4 is 4.90 Å². The molecule has 5 rings (SSSR count). The number of ketones is 1. The van der Waals surface area contributed by atoms with E-state index in [1.54, 1.807) is 12.1 Å². The monoisotopic (exact) mass is 454 g/mol. The summed E-state index contributed by atoms with van der Waals surface area (Å²) in [4.78, 5) is 32.7. The summed E-state index contributed by atoms with van der Waals surface area (Å²) >= 11 is 1.38. The molecule has 1 N–H and O–H groups in total. The Bertz CT molecular complexity index is 1440. The Labute approximate surface area is 195 Å². The van der Waals surface area contributed by atoms with Crippen molar-refractivity contribution >= 4 is 44.1 Å². The van der Waals surface area contributed by atoms with E-state index in [4.69, 9.17) is 4.98 Å². The maximum Gasteiger partial charge on any atom is 0.301 e. The van der Waals surface area contributed by atoms with Crippen molar-refractivity contribution in [1.29, 1.82) is 0 Å². The number of carbonyl (C=O) groups is 2. The molecule has 1 amide bonds. The summed E-state index contributed by atoms with van der Waals surface area (Å²) in [6, 6.07) is 19.8. The minimum absolute atomic E-state index is 0.0715. The molecule has 1 aliphatic heterocycles. The lowest BCUT2D eigenvalue weighted by molar-refractivity contribution is -0.132. The number of thiazole rings is 1. The fourth-order valence-electron chi connectivity index (χ4n) is 4.31. The second kappa shape index (κ2) is 7.98. The number of rotatable bonds is 3. The van der Waals surface area contributed by atoms with E-state index in [1.165, 1.54) is 16.2 Å². The van der Waals surface area contributed by atoms with Crippen LogP contribution in [0.1, 0.15) is 33.9 Å². The Morgan fingerprint density at radius 3 is 2.33 bits per heavy atom. The molecule has 0 aliphatic carbocycles.